The van der Waals surface area contributed by atoms with Crippen molar-refractivity contribution in [3.63, 3.8) is 0 Å². The highest BCUT2D eigenvalue weighted by Gasteiger charge is 2.27. The predicted octanol–water partition coefficient (Wildman–Crippen LogP) is 4.49. The molecule has 1 fully saturated rings. The third-order valence-corrected chi connectivity index (χ3v) is 8.31. The molecule has 0 atom stereocenters. The zero-order valence-corrected chi connectivity index (χ0v) is 19.4. The van der Waals surface area contributed by atoms with Crippen LogP contribution in [0.15, 0.2) is 53.4 Å². The fraction of sp³-hybridized carbons (Fsp3) is 0.273. The van der Waals surface area contributed by atoms with E-state index < -0.39 is 10.0 Å². The van der Waals surface area contributed by atoms with E-state index in [9.17, 15) is 13.2 Å². The molecule has 0 saturated carbocycles. The van der Waals surface area contributed by atoms with E-state index in [1.54, 1.807) is 12.1 Å². The number of hydrogen-bond acceptors (Lipinski definition) is 5. The van der Waals surface area contributed by atoms with Crippen LogP contribution in [0.4, 0.5) is 0 Å². The number of benzene rings is 2. The molecule has 1 amide bonds. The Morgan fingerprint density at radius 2 is 1.74 bits per heavy atom. The Balaban J connectivity index is 1.41. The van der Waals surface area contributed by atoms with Gasteiger partial charge in [0.15, 0.2) is 0 Å². The van der Waals surface area contributed by atoms with E-state index in [1.165, 1.54) is 27.8 Å². The largest absolute Gasteiger partial charge is 0.346 e. The summed E-state index contributed by atoms with van der Waals surface area (Å²) >= 11 is 7.48. The number of carbonyl (C=O) groups excluding carboxylic acids is 1. The summed E-state index contributed by atoms with van der Waals surface area (Å²) in [5.41, 5.74) is 2.26. The maximum absolute atomic E-state index is 12.6. The normalized spacial score (nSPS) is 14.6. The minimum Gasteiger partial charge on any atom is -0.346 e. The number of nitrogens with zero attached hydrogens (tertiary/aromatic N) is 2. The molecule has 0 unspecified atom stereocenters. The zero-order chi connectivity index (χ0) is 22.0. The third-order valence-electron chi connectivity index (χ3n) is 5.18. The average Bonchev–Trinajstić information content (AvgIpc) is 3.43. The van der Waals surface area contributed by atoms with Gasteiger partial charge in [-0.3, -0.25) is 4.79 Å². The lowest BCUT2D eigenvalue weighted by Crippen LogP contribution is -2.28. The standard InChI is InChI=1S/C22H22ClN3O3S2/c1-15-21(16-4-8-18(23)9-5-16)25-20(30-15)14-24-22(27)17-6-10-19(11-7-17)31(28,29)26-12-2-3-13-26/h4-11H,2-3,12-14H2,1H3,(H,24,27). The van der Waals surface area contributed by atoms with Gasteiger partial charge in [-0.15, -0.1) is 11.3 Å². The van der Waals surface area contributed by atoms with Gasteiger partial charge in [0.25, 0.3) is 5.91 Å². The molecule has 31 heavy (non-hydrogen) atoms. The van der Waals surface area contributed by atoms with Gasteiger partial charge in [-0.05, 0) is 56.2 Å². The van der Waals surface area contributed by atoms with Crippen LogP contribution < -0.4 is 5.32 Å². The maximum atomic E-state index is 12.6. The molecule has 9 heteroatoms. The van der Waals surface area contributed by atoms with Crippen molar-refractivity contribution >= 4 is 38.9 Å². The topological polar surface area (TPSA) is 79.4 Å². The molecule has 1 aromatic heterocycles. The molecule has 4 rings (SSSR count). The van der Waals surface area contributed by atoms with Crippen LogP contribution >= 0.6 is 22.9 Å². The lowest BCUT2D eigenvalue weighted by atomic mass is 10.1. The number of amides is 1. The van der Waals surface area contributed by atoms with Crippen LogP contribution in [0.25, 0.3) is 11.3 Å². The van der Waals surface area contributed by atoms with E-state index >= 15 is 0 Å². The van der Waals surface area contributed by atoms with Gasteiger partial charge in [0.1, 0.15) is 5.01 Å². The number of thiazole rings is 1. The minimum atomic E-state index is -3.48. The second kappa shape index (κ2) is 9.08. The minimum absolute atomic E-state index is 0.217. The van der Waals surface area contributed by atoms with Crippen molar-refractivity contribution in [3.05, 3.63) is 69.0 Å². The van der Waals surface area contributed by atoms with Crippen LogP contribution in [0.2, 0.25) is 5.02 Å². The Labute approximate surface area is 190 Å². The van der Waals surface area contributed by atoms with Gasteiger partial charge < -0.3 is 5.32 Å². The van der Waals surface area contributed by atoms with Gasteiger partial charge >= 0.3 is 0 Å². The first-order chi connectivity index (χ1) is 14.8. The molecule has 1 aliphatic rings. The summed E-state index contributed by atoms with van der Waals surface area (Å²) in [4.78, 5) is 18.4. The van der Waals surface area contributed by atoms with Crippen molar-refractivity contribution in [2.45, 2.75) is 31.2 Å². The summed E-state index contributed by atoms with van der Waals surface area (Å²) < 4.78 is 26.7. The molecule has 2 heterocycles. The van der Waals surface area contributed by atoms with Crippen LogP contribution in [0.3, 0.4) is 0 Å². The quantitative estimate of drug-likeness (QED) is 0.569. The van der Waals surface area contributed by atoms with E-state index in [0.717, 1.165) is 34.0 Å². The van der Waals surface area contributed by atoms with Gasteiger partial charge in [-0.25, -0.2) is 13.4 Å². The number of carbonyl (C=O) groups is 1. The molecule has 1 saturated heterocycles. The number of sulfonamides is 1. The molecule has 0 spiro atoms. The molecule has 3 aromatic rings. The highest BCUT2D eigenvalue weighted by atomic mass is 35.5. The summed E-state index contributed by atoms with van der Waals surface area (Å²) in [6.07, 6.45) is 1.77. The Hall–Kier alpha value is -2.26. The first-order valence-corrected chi connectivity index (χ1v) is 12.6. The molecule has 1 N–H and O–H groups in total. The highest BCUT2D eigenvalue weighted by molar-refractivity contribution is 7.89. The summed E-state index contributed by atoms with van der Waals surface area (Å²) in [6, 6.07) is 13.6. The van der Waals surface area contributed by atoms with Crippen LogP contribution in [-0.4, -0.2) is 36.7 Å². The SMILES string of the molecule is Cc1sc(CNC(=O)c2ccc(S(=O)(=O)N3CCCC3)cc2)nc1-c1ccc(Cl)cc1. The number of nitrogens with one attached hydrogen (secondary N) is 1. The van der Waals surface area contributed by atoms with Crippen LogP contribution in [0.5, 0.6) is 0 Å². The van der Waals surface area contributed by atoms with Gasteiger partial charge in [-0.2, -0.15) is 4.31 Å². The van der Waals surface area contributed by atoms with Gasteiger partial charge in [-0.1, -0.05) is 23.7 Å². The van der Waals surface area contributed by atoms with Crippen molar-refractivity contribution in [1.29, 1.82) is 0 Å². The average molecular weight is 476 g/mol. The van der Waals surface area contributed by atoms with Crippen molar-refractivity contribution in [2.24, 2.45) is 0 Å². The molecule has 1 aliphatic heterocycles. The number of rotatable bonds is 6. The highest BCUT2D eigenvalue weighted by Crippen LogP contribution is 2.28. The van der Waals surface area contributed by atoms with Gasteiger partial charge in [0, 0.05) is 34.1 Å². The van der Waals surface area contributed by atoms with E-state index in [0.29, 0.717) is 30.2 Å². The van der Waals surface area contributed by atoms with Crippen LogP contribution in [0.1, 0.15) is 33.1 Å². The molecule has 6 nitrogen and oxygen atoms in total. The summed E-state index contributed by atoms with van der Waals surface area (Å²) in [5, 5.41) is 4.32. The first kappa shape index (κ1) is 22.0. The molecular formula is C22H22ClN3O3S2. The number of aromatic nitrogens is 1. The second-order valence-corrected chi connectivity index (χ2v) is 11.0. The Kier molecular flexibility index (Phi) is 6.43. The molecule has 0 bridgehead atoms. The summed E-state index contributed by atoms with van der Waals surface area (Å²) in [6.45, 7) is 3.39. The van der Waals surface area contributed by atoms with Gasteiger partial charge in [0.05, 0.1) is 17.1 Å². The van der Waals surface area contributed by atoms with Crippen LogP contribution in [0, 0.1) is 6.92 Å². The number of aryl methyl sites for hydroxylation is 1. The van der Waals surface area contributed by atoms with Gasteiger partial charge in [0.2, 0.25) is 10.0 Å². The molecule has 0 aliphatic carbocycles. The smallest absolute Gasteiger partial charge is 0.251 e. The number of halogens is 1. The third kappa shape index (κ3) is 4.82. The lowest BCUT2D eigenvalue weighted by Gasteiger charge is -2.15. The maximum Gasteiger partial charge on any atom is 0.251 e. The molecule has 162 valence electrons. The Morgan fingerprint density at radius 1 is 1.10 bits per heavy atom. The van der Waals surface area contributed by atoms with E-state index in [4.69, 9.17) is 11.6 Å². The first-order valence-electron chi connectivity index (χ1n) is 9.95. The Bertz CT molecular complexity index is 1180. The van der Waals surface area contributed by atoms with Crippen molar-refractivity contribution in [3.8, 4) is 11.3 Å². The summed E-state index contributed by atoms with van der Waals surface area (Å²) in [5.74, 6) is -0.272. The van der Waals surface area contributed by atoms with E-state index in [-0.39, 0.29) is 10.8 Å². The van der Waals surface area contributed by atoms with E-state index in [1.807, 2.05) is 31.2 Å². The monoisotopic (exact) mass is 475 g/mol. The second-order valence-electron chi connectivity index (χ2n) is 7.34. The van der Waals surface area contributed by atoms with Crippen molar-refractivity contribution in [1.82, 2.24) is 14.6 Å². The predicted molar refractivity (Wildman–Crippen MR) is 123 cm³/mol. The molecular weight excluding hydrogens is 454 g/mol. The van der Waals surface area contributed by atoms with Crippen LogP contribution in [-0.2, 0) is 16.6 Å². The summed E-state index contributed by atoms with van der Waals surface area (Å²) in [7, 11) is -3.48. The fourth-order valence-corrected chi connectivity index (χ4v) is 6.05. The molecule has 2 aromatic carbocycles. The lowest BCUT2D eigenvalue weighted by molar-refractivity contribution is 0.0950. The number of hydrogen-bond donors (Lipinski definition) is 1. The fourth-order valence-electron chi connectivity index (χ4n) is 3.52. The van der Waals surface area contributed by atoms with Crippen molar-refractivity contribution < 1.29 is 13.2 Å². The molecule has 0 radical (unpaired) electrons. The van der Waals surface area contributed by atoms with E-state index in [2.05, 4.69) is 10.3 Å². The Morgan fingerprint density at radius 3 is 2.39 bits per heavy atom. The van der Waals surface area contributed by atoms with Crippen molar-refractivity contribution in [2.75, 3.05) is 13.1 Å². The zero-order valence-electron chi connectivity index (χ0n) is 17.0.